The summed E-state index contributed by atoms with van der Waals surface area (Å²) in [6.45, 7) is 0.585. The highest BCUT2D eigenvalue weighted by atomic mass is 16.5. The highest BCUT2D eigenvalue weighted by molar-refractivity contribution is 5.92. The molecule has 4 nitrogen and oxygen atoms in total. The minimum atomic E-state index is -0.185. The van der Waals surface area contributed by atoms with E-state index in [1.807, 2.05) is 30.3 Å². The van der Waals surface area contributed by atoms with E-state index in [9.17, 15) is 4.79 Å². The van der Waals surface area contributed by atoms with Crippen LogP contribution in [0.5, 0.6) is 5.75 Å². The molecule has 1 N–H and O–H groups in total. The predicted molar refractivity (Wildman–Crippen MR) is 73.3 cm³/mol. The van der Waals surface area contributed by atoms with Crippen molar-refractivity contribution in [1.82, 2.24) is 10.3 Å². The highest BCUT2D eigenvalue weighted by Crippen LogP contribution is 2.09. The van der Waals surface area contributed by atoms with Gasteiger partial charge in [0.25, 0.3) is 5.91 Å². The monoisotopic (exact) mass is 256 g/mol. The number of nitrogens with one attached hydrogen (secondary N) is 1. The summed E-state index contributed by atoms with van der Waals surface area (Å²) in [6, 6.07) is 13.4. The van der Waals surface area contributed by atoms with E-state index in [4.69, 9.17) is 4.74 Å². The van der Waals surface area contributed by atoms with E-state index in [1.54, 1.807) is 25.4 Å². The molecule has 4 heteroatoms. The molecular formula is C15H16N2O2. The number of aromatic nitrogens is 1. The van der Waals surface area contributed by atoms with Gasteiger partial charge in [-0.2, -0.15) is 0 Å². The van der Waals surface area contributed by atoms with Crippen molar-refractivity contribution in [3.63, 3.8) is 0 Å². The molecule has 0 unspecified atom stereocenters. The van der Waals surface area contributed by atoms with Crippen LogP contribution in [0.25, 0.3) is 0 Å². The summed E-state index contributed by atoms with van der Waals surface area (Å²) in [5, 5.41) is 2.84. The van der Waals surface area contributed by atoms with Crippen LogP contribution in [0.3, 0.4) is 0 Å². The van der Waals surface area contributed by atoms with E-state index >= 15 is 0 Å². The third-order valence-corrected chi connectivity index (χ3v) is 2.74. The number of carbonyl (C=O) groups is 1. The van der Waals surface area contributed by atoms with Gasteiger partial charge in [0, 0.05) is 18.8 Å². The van der Waals surface area contributed by atoms with Crippen LogP contribution in [-0.2, 0) is 6.42 Å². The van der Waals surface area contributed by atoms with Crippen LogP contribution in [0.2, 0.25) is 0 Å². The first kappa shape index (κ1) is 13.1. The number of amides is 1. The third kappa shape index (κ3) is 3.81. The minimum absolute atomic E-state index is 0.185. The van der Waals surface area contributed by atoms with Gasteiger partial charge in [0.05, 0.1) is 7.11 Å². The van der Waals surface area contributed by atoms with Crippen LogP contribution in [0.1, 0.15) is 16.1 Å². The molecule has 0 atom stereocenters. The van der Waals surface area contributed by atoms with E-state index in [0.717, 1.165) is 6.42 Å². The lowest BCUT2D eigenvalue weighted by atomic mass is 10.1. The molecule has 19 heavy (non-hydrogen) atoms. The average molecular weight is 256 g/mol. The first-order chi connectivity index (χ1) is 9.29. The Morgan fingerprint density at radius 1 is 1.26 bits per heavy atom. The topological polar surface area (TPSA) is 51.2 Å². The summed E-state index contributed by atoms with van der Waals surface area (Å²) in [6.07, 6.45) is 2.36. The van der Waals surface area contributed by atoms with Crippen LogP contribution in [-0.4, -0.2) is 24.5 Å². The Labute approximate surface area is 112 Å². The number of nitrogens with zero attached hydrogens (tertiary/aromatic N) is 1. The molecule has 0 aliphatic heterocycles. The molecule has 0 saturated carbocycles. The van der Waals surface area contributed by atoms with Crippen molar-refractivity contribution in [3.05, 3.63) is 59.9 Å². The average Bonchev–Trinajstić information content (AvgIpc) is 2.48. The molecule has 1 aromatic heterocycles. The maximum Gasteiger partial charge on any atom is 0.270 e. The van der Waals surface area contributed by atoms with Gasteiger partial charge < -0.3 is 10.1 Å². The zero-order valence-electron chi connectivity index (χ0n) is 10.8. The van der Waals surface area contributed by atoms with E-state index in [1.165, 1.54) is 5.56 Å². The predicted octanol–water partition coefficient (Wildman–Crippen LogP) is 2.06. The number of rotatable bonds is 5. The van der Waals surface area contributed by atoms with E-state index in [2.05, 4.69) is 10.3 Å². The number of ether oxygens (including phenoxy) is 1. The van der Waals surface area contributed by atoms with Crippen molar-refractivity contribution in [3.8, 4) is 5.75 Å². The van der Waals surface area contributed by atoms with Crippen LogP contribution < -0.4 is 10.1 Å². The van der Waals surface area contributed by atoms with Crippen molar-refractivity contribution in [2.75, 3.05) is 13.7 Å². The summed E-state index contributed by atoms with van der Waals surface area (Å²) in [5.74, 6) is 0.443. The maximum absolute atomic E-state index is 11.9. The fourth-order valence-electron chi connectivity index (χ4n) is 1.72. The smallest absolute Gasteiger partial charge is 0.270 e. The van der Waals surface area contributed by atoms with Gasteiger partial charge in [-0.1, -0.05) is 30.3 Å². The van der Waals surface area contributed by atoms with Gasteiger partial charge in [0.15, 0.2) is 0 Å². The van der Waals surface area contributed by atoms with Crippen molar-refractivity contribution in [1.29, 1.82) is 0 Å². The van der Waals surface area contributed by atoms with Crippen LogP contribution >= 0.6 is 0 Å². The number of methoxy groups -OCH3 is 1. The number of hydrogen-bond acceptors (Lipinski definition) is 3. The molecule has 0 saturated heterocycles. The Morgan fingerprint density at radius 2 is 2.05 bits per heavy atom. The Balaban J connectivity index is 1.87. The van der Waals surface area contributed by atoms with Crippen LogP contribution in [0.15, 0.2) is 48.7 Å². The van der Waals surface area contributed by atoms with Crippen LogP contribution in [0, 0.1) is 0 Å². The molecular weight excluding hydrogens is 240 g/mol. The third-order valence-electron chi connectivity index (χ3n) is 2.74. The molecule has 98 valence electrons. The summed E-state index contributed by atoms with van der Waals surface area (Å²) < 4.78 is 5.06. The molecule has 0 spiro atoms. The summed E-state index contributed by atoms with van der Waals surface area (Å²) in [7, 11) is 1.56. The Hall–Kier alpha value is -2.36. The minimum Gasteiger partial charge on any atom is -0.497 e. The molecule has 0 aliphatic rings. The lowest BCUT2D eigenvalue weighted by molar-refractivity contribution is 0.0949. The van der Waals surface area contributed by atoms with Gasteiger partial charge in [-0.05, 0) is 18.1 Å². The molecule has 0 aliphatic carbocycles. The van der Waals surface area contributed by atoms with E-state index < -0.39 is 0 Å². The molecule has 0 bridgehead atoms. The second-order valence-corrected chi connectivity index (χ2v) is 4.07. The van der Waals surface area contributed by atoms with E-state index in [-0.39, 0.29) is 5.91 Å². The number of pyridine rings is 1. The normalized spacial score (nSPS) is 9.95. The maximum atomic E-state index is 11.9. The van der Waals surface area contributed by atoms with Gasteiger partial charge in [-0.15, -0.1) is 0 Å². The second kappa shape index (κ2) is 6.54. The first-order valence-corrected chi connectivity index (χ1v) is 6.12. The molecule has 1 heterocycles. The van der Waals surface area contributed by atoms with Gasteiger partial charge in [-0.3, -0.25) is 9.78 Å². The van der Waals surface area contributed by atoms with Crippen LogP contribution in [0.4, 0.5) is 0 Å². The largest absolute Gasteiger partial charge is 0.497 e. The number of benzene rings is 1. The van der Waals surface area contributed by atoms with Gasteiger partial charge in [-0.25, -0.2) is 0 Å². The summed E-state index contributed by atoms with van der Waals surface area (Å²) in [4.78, 5) is 15.9. The Kier molecular flexibility index (Phi) is 4.50. The standard InChI is InChI=1S/C15H16N2O2/c1-19-13-8-10-16-14(11-13)15(18)17-9-7-12-5-3-2-4-6-12/h2-6,8,10-11H,7,9H2,1H3,(H,17,18). The highest BCUT2D eigenvalue weighted by Gasteiger charge is 2.07. The first-order valence-electron chi connectivity index (χ1n) is 6.12. The lowest BCUT2D eigenvalue weighted by Gasteiger charge is -2.06. The zero-order valence-corrected chi connectivity index (χ0v) is 10.8. The Bertz CT molecular complexity index is 541. The van der Waals surface area contributed by atoms with Crippen molar-refractivity contribution < 1.29 is 9.53 Å². The summed E-state index contributed by atoms with van der Waals surface area (Å²) in [5.41, 5.74) is 1.56. The molecule has 2 rings (SSSR count). The van der Waals surface area contributed by atoms with Crippen molar-refractivity contribution in [2.45, 2.75) is 6.42 Å². The SMILES string of the molecule is COc1ccnc(C(=O)NCCc2ccccc2)c1. The molecule has 1 amide bonds. The fourth-order valence-corrected chi connectivity index (χ4v) is 1.72. The summed E-state index contributed by atoms with van der Waals surface area (Å²) >= 11 is 0. The lowest BCUT2D eigenvalue weighted by Crippen LogP contribution is -2.26. The molecule has 2 aromatic rings. The number of carbonyl (C=O) groups excluding carboxylic acids is 1. The molecule has 1 aromatic carbocycles. The zero-order chi connectivity index (χ0) is 13.5. The molecule has 0 radical (unpaired) electrons. The van der Waals surface area contributed by atoms with Crippen molar-refractivity contribution >= 4 is 5.91 Å². The fraction of sp³-hybridized carbons (Fsp3) is 0.200. The van der Waals surface area contributed by atoms with Gasteiger partial charge in [0.2, 0.25) is 0 Å². The van der Waals surface area contributed by atoms with Crippen molar-refractivity contribution in [2.24, 2.45) is 0 Å². The van der Waals surface area contributed by atoms with Gasteiger partial charge >= 0.3 is 0 Å². The molecule has 0 fully saturated rings. The van der Waals surface area contributed by atoms with E-state index in [0.29, 0.717) is 18.0 Å². The number of hydrogen-bond donors (Lipinski definition) is 1. The second-order valence-electron chi connectivity index (χ2n) is 4.07. The quantitative estimate of drug-likeness (QED) is 0.891. The van der Waals surface area contributed by atoms with Gasteiger partial charge in [0.1, 0.15) is 11.4 Å². The Morgan fingerprint density at radius 3 is 2.79 bits per heavy atom.